The molecule has 0 radical (unpaired) electrons. The highest BCUT2D eigenvalue weighted by molar-refractivity contribution is 5.82. The topological polar surface area (TPSA) is 90.6 Å². The van der Waals surface area contributed by atoms with Crippen molar-refractivity contribution in [1.29, 1.82) is 0 Å². The molecule has 1 aliphatic heterocycles. The second kappa shape index (κ2) is 7.11. The Morgan fingerprint density at radius 1 is 1.07 bits per heavy atom. The molecule has 7 heteroatoms. The van der Waals surface area contributed by atoms with Crippen molar-refractivity contribution >= 4 is 28.5 Å². The zero-order chi connectivity index (χ0) is 18.8. The predicted octanol–water partition coefficient (Wildman–Crippen LogP) is 2.00. The quantitative estimate of drug-likeness (QED) is 0.537. The number of guanidine groups is 1. The summed E-state index contributed by atoms with van der Waals surface area (Å²) in [6.45, 7) is 4.89. The highest BCUT2D eigenvalue weighted by Gasteiger charge is 2.20. The molecule has 1 fully saturated rings. The highest BCUT2D eigenvalue weighted by atomic mass is 16.1. The Morgan fingerprint density at radius 3 is 2.56 bits per heavy atom. The molecule has 3 N–H and O–H groups in total. The van der Waals surface area contributed by atoms with E-state index in [0.717, 1.165) is 24.3 Å². The Balaban J connectivity index is 1.49. The van der Waals surface area contributed by atoms with Gasteiger partial charge in [-0.3, -0.25) is 9.78 Å². The number of fused-ring (bicyclic) bond motifs is 1. The van der Waals surface area contributed by atoms with Gasteiger partial charge in [0.1, 0.15) is 0 Å². The highest BCUT2D eigenvalue weighted by Crippen LogP contribution is 2.18. The van der Waals surface area contributed by atoms with Gasteiger partial charge in [-0.15, -0.1) is 0 Å². The van der Waals surface area contributed by atoms with Crippen LogP contribution in [0.1, 0.15) is 5.56 Å². The first-order valence-corrected chi connectivity index (χ1v) is 9.00. The molecule has 27 heavy (non-hydrogen) atoms. The summed E-state index contributed by atoms with van der Waals surface area (Å²) in [5, 5.41) is 0.606. The van der Waals surface area contributed by atoms with Gasteiger partial charge in [0, 0.05) is 26.2 Å². The number of hydrogen-bond donors (Lipinski definition) is 2. The van der Waals surface area contributed by atoms with E-state index in [0.29, 0.717) is 35.9 Å². The van der Waals surface area contributed by atoms with Crippen LogP contribution in [-0.4, -0.2) is 47.0 Å². The molecule has 138 valence electrons. The van der Waals surface area contributed by atoms with Gasteiger partial charge in [0.15, 0.2) is 5.96 Å². The van der Waals surface area contributed by atoms with Gasteiger partial charge in [-0.25, -0.2) is 9.98 Å². The van der Waals surface area contributed by atoms with E-state index in [4.69, 9.17) is 5.73 Å². The Morgan fingerprint density at radius 2 is 1.78 bits per heavy atom. The van der Waals surface area contributed by atoms with Gasteiger partial charge in [0.25, 0.3) is 5.56 Å². The first-order valence-electron chi connectivity index (χ1n) is 9.00. The molecule has 4 rings (SSSR count). The van der Waals surface area contributed by atoms with Crippen LogP contribution in [0.2, 0.25) is 0 Å². The SMILES string of the molecule is Cc1ccccc1N=C(N)N1CCN(c2nc3ccccc3c(=O)[nH]2)CC1. The summed E-state index contributed by atoms with van der Waals surface area (Å²) in [5.74, 6) is 1.12. The van der Waals surface area contributed by atoms with E-state index >= 15 is 0 Å². The molecule has 1 saturated heterocycles. The molecule has 0 atom stereocenters. The molecule has 0 spiro atoms. The van der Waals surface area contributed by atoms with E-state index in [-0.39, 0.29) is 5.56 Å². The molecule has 0 unspecified atom stereocenters. The number of piperazine rings is 1. The summed E-state index contributed by atoms with van der Waals surface area (Å²) < 4.78 is 0. The van der Waals surface area contributed by atoms with Crippen molar-refractivity contribution in [2.75, 3.05) is 31.1 Å². The largest absolute Gasteiger partial charge is 0.369 e. The van der Waals surface area contributed by atoms with Gasteiger partial charge in [0.05, 0.1) is 16.6 Å². The Hall–Kier alpha value is -3.35. The fourth-order valence-corrected chi connectivity index (χ4v) is 3.25. The van der Waals surface area contributed by atoms with Crippen LogP contribution in [0, 0.1) is 6.92 Å². The molecule has 0 saturated carbocycles. The van der Waals surface area contributed by atoms with Crippen LogP contribution < -0.4 is 16.2 Å². The molecule has 2 aromatic carbocycles. The van der Waals surface area contributed by atoms with Crippen LogP contribution in [-0.2, 0) is 0 Å². The lowest BCUT2D eigenvalue weighted by molar-refractivity contribution is 0.379. The maximum Gasteiger partial charge on any atom is 0.260 e. The summed E-state index contributed by atoms with van der Waals surface area (Å²) in [6.07, 6.45) is 0. The molecule has 2 heterocycles. The maximum absolute atomic E-state index is 12.3. The monoisotopic (exact) mass is 362 g/mol. The average molecular weight is 362 g/mol. The molecule has 1 aliphatic rings. The minimum absolute atomic E-state index is 0.112. The molecule has 3 aromatic rings. The standard InChI is InChI=1S/C20H22N6O/c1-14-6-2-4-8-16(14)22-19(21)25-10-12-26(13-11-25)20-23-17-9-5-3-7-15(17)18(27)24-20/h2-9H,10-13H2,1H3,(H2,21,22)(H,23,24,27). The van der Waals surface area contributed by atoms with E-state index < -0.39 is 0 Å². The number of H-pyrrole nitrogens is 1. The number of para-hydroxylation sites is 2. The molecular weight excluding hydrogens is 340 g/mol. The second-order valence-electron chi connectivity index (χ2n) is 6.64. The van der Waals surface area contributed by atoms with E-state index in [1.165, 1.54) is 0 Å². The Bertz CT molecular complexity index is 1050. The lowest BCUT2D eigenvalue weighted by atomic mass is 10.2. The van der Waals surface area contributed by atoms with Crippen molar-refractivity contribution in [3.63, 3.8) is 0 Å². The van der Waals surface area contributed by atoms with Crippen molar-refractivity contribution in [2.45, 2.75) is 6.92 Å². The lowest BCUT2D eigenvalue weighted by Crippen LogP contribution is -2.51. The zero-order valence-electron chi connectivity index (χ0n) is 15.2. The number of rotatable bonds is 2. The lowest BCUT2D eigenvalue weighted by Gasteiger charge is -2.35. The third kappa shape index (κ3) is 3.48. The third-order valence-corrected chi connectivity index (χ3v) is 4.85. The number of nitrogens with one attached hydrogen (secondary N) is 1. The number of nitrogens with two attached hydrogens (primary N) is 1. The minimum atomic E-state index is -0.112. The van der Waals surface area contributed by atoms with E-state index in [1.807, 2.05) is 49.4 Å². The van der Waals surface area contributed by atoms with Crippen molar-refractivity contribution in [2.24, 2.45) is 10.7 Å². The zero-order valence-corrected chi connectivity index (χ0v) is 15.2. The predicted molar refractivity (Wildman–Crippen MR) is 109 cm³/mol. The molecule has 0 aliphatic carbocycles. The number of aryl methyl sites for hydroxylation is 1. The van der Waals surface area contributed by atoms with E-state index in [9.17, 15) is 4.79 Å². The minimum Gasteiger partial charge on any atom is -0.369 e. The fraction of sp³-hybridized carbons (Fsp3) is 0.250. The van der Waals surface area contributed by atoms with Gasteiger partial charge in [-0.2, -0.15) is 0 Å². The smallest absolute Gasteiger partial charge is 0.260 e. The van der Waals surface area contributed by atoms with Crippen molar-refractivity contribution in [1.82, 2.24) is 14.9 Å². The number of aliphatic imine (C=N–C) groups is 1. The number of hydrogen-bond acceptors (Lipinski definition) is 4. The molecular formula is C20H22N6O. The number of benzene rings is 2. The first kappa shape index (κ1) is 17.1. The number of nitrogens with zero attached hydrogens (tertiary/aromatic N) is 4. The number of aromatic nitrogens is 2. The average Bonchev–Trinajstić information content (AvgIpc) is 2.70. The van der Waals surface area contributed by atoms with Crippen LogP contribution >= 0.6 is 0 Å². The van der Waals surface area contributed by atoms with Gasteiger partial charge in [0.2, 0.25) is 5.95 Å². The van der Waals surface area contributed by atoms with Gasteiger partial charge in [-0.05, 0) is 30.7 Å². The maximum atomic E-state index is 12.3. The van der Waals surface area contributed by atoms with Gasteiger partial charge < -0.3 is 15.5 Å². The summed E-state index contributed by atoms with van der Waals surface area (Å²) in [6, 6.07) is 15.3. The summed E-state index contributed by atoms with van der Waals surface area (Å²) >= 11 is 0. The van der Waals surface area contributed by atoms with Crippen LogP contribution in [0.5, 0.6) is 0 Å². The van der Waals surface area contributed by atoms with Crippen LogP contribution in [0.25, 0.3) is 10.9 Å². The van der Waals surface area contributed by atoms with Gasteiger partial charge in [-0.1, -0.05) is 30.3 Å². The van der Waals surface area contributed by atoms with Crippen LogP contribution in [0.15, 0.2) is 58.3 Å². The number of aromatic amines is 1. The Kier molecular flexibility index (Phi) is 4.50. The molecule has 0 bridgehead atoms. The van der Waals surface area contributed by atoms with E-state index in [1.54, 1.807) is 6.07 Å². The van der Waals surface area contributed by atoms with Crippen LogP contribution in [0.4, 0.5) is 11.6 Å². The summed E-state index contributed by atoms with van der Waals surface area (Å²) in [7, 11) is 0. The fourth-order valence-electron chi connectivity index (χ4n) is 3.25. The van der Waals surface area contributed by atoms with Crippen LogP contribution in [0.3, 0.4) is 0 Å². The van der Waals surface area contributed by atoms with Gasteiger partial charge >= 0.3 is 0 Å². The first-order chi connectivity index (χ1) is 13.1. The van der Waals surface area contributed by atoms with E-state index in [2.05, 4.69) is 24.8 Å². The van der Waals surface area contributed by atoms with Crippen molar-refractivity contribution < 1.29 is 0 Å². The second-order valence-corrected chi connectivity index (χ2v) is 6.64. The number of anilines is 1. The van der Waals surface area contributed by atoms with Crippen molar-refractivity contribution in [3.05, 3.63) is 64.4 Å². The summed E-state index contributed by atoms with van der Waals surface area (Å²) in [4.78, 5) is 28.5. The molecule has 1 aromatic heterocycles. The molecule has 7 nitrogen and oxygen atoms in total. The summed E-state index contributed by atoms with van der Waals surface area (Å²) in [5.41, 5.74) is 8.79. The Labute approximate surface area is 157 Å². The molecule has 0 amide bonds. The third-order valence-electron chi connectivity index (χ3n) is 4.85. The normalized spacial score (nSPS) is 15.4. The van der Waals surface area contributed by atoms with Crippen molar-refractivity contribution in [3.8, 4) is 0 Å².